The fraction of sp³-hybridized carbons (Fsp3) is 0.263. The molecule has 0 bridgehead atoms. The molecule has 0 spiro atoms. The first kappa shape index (κ1) is 16.8. The Hall–Kier alpha value is -3.02. The van der Waals surface area contributed by atoms with Crippen LogP contribution in [-0.2, 0) is 11.2 Å². The van der Waals surface area contributed by atoms with Crippen LogP contribution in [0.4, 0.5) is 5.69 Å². The number of benzene rings is 1. The van der Waals surface area contributed by atoms with Gasteiger partial charge in [-0.05, 0) is 52.0 Å². The van der Waals surface area contributed by atoms with Crippen molar-refractivity contribution in [3.8, 4) is 5.69 Å². The van der Waals surface area contributed by atoms with Gasteiger partial charge in [0.1, 0.15) is 6.33 Å². The number of carbonyl (C=O) groups is 1. The van der Waals surface area contributed by atoms with E-state index < -0.39 is 0 Å². The van der Waals surface area contributed by atoms with Gasteiger partial charge in [-0.25, -0.2) is 15.0 Å². The molecule has 2 heterocycles. The number of nitrogens with zero attached hydrogens (tertiary/aromatic N) is 4. The van der Waals surface area contributed by atoms with Crippen molar-refractivity contribution in [2.75, 3.05) is 5.32 Å². The van der Waals surface area contributed by atoms with Gasteiger partial charge in [-0.1, -0.05) is 0 Å². The van der Waals surface area contributed by atoms with Crippen LogP contribution < -0.4 is 5.32 Å². The zero-order valence-corrected chi connectivity index (χ0v) is 14.9. The van der Waals surface area contributed by atoms with Gasteiger partial charge in [0.2, 0.25) is 5.91 Å². The maximum absolute atomic E-state index is 12.3. The van der Waals surface area contributed by atoms with E-state index in [1.807, 2.05) is 56.5 Å². The van der Waals surface area contributed by atoms with Crippen molar-refractivity contribution in [1.29, 1.82) is 0 Å². The van der Waals surface area contributed by atoms with Crippen LogP contribution in [0.3, 0.4) is 0 Å². The number of nitrogens with one attached hydrogen (secondary N) is 1. The second-order valence-electron chi connectivity index (χ2n) is 6.08. The highest BCUT2D eigenvalue weighted by atomic mass is 16.1. The van der Waals surface area contributed by atoms with Crippen LogP contribution in [0.1, 0.15) is 28.3 Å². The Balaban J connectivity index is 1.71. The summed E-state index contributed by atoms with van der Waals surface area (Å²) in [5.74, 6) is -0.0802. The first-order valence-electron chi connectivity index (χ1n) is 8.13. The molecule has 6 heteroatoms. The number of rotatable bonds is 4. The number of amides is 1. The van der Waals surface area contributed by atoms with E-state index in [0.29, 0.717) is 0 Å². The van der Waals surface area contributed by atoms with Crippen LogP contribution in [0.5, 0.6) is 0 Å². The minimum Gasteiger partial charge on any atom is -0.326 e. The lowest BCUT2D eigenvalue weighted by Crippen LogP contribution is -2.16. The lowest BCUT2D eigenvalue weighted by Gasteiger charge is -2.10. The van der Waals surface area contributed by atoms with Gasteiger partial charge < -0.3 is 9.88 Å². The molecular weight excluding hydrogens is 314 g/mol. The molecule has 1 N–H and O–H groups in total. The molecule has 0 aliphatic rings. The van der Waals surface area contributed by atoms with Crippen LogP contribution >= 0.6 is 0 Å². The number of carbonyl (C=O) groups excluding carboxylic acids is 1. The first-order valence-corrected chi connectivity index (χ1v) is 8.13. The Morgan fingerprint density at radius 2 is 1.60 bits per heavy atom. The number of aryl methyl sites for hydroxylation is 3. The second kappa shape index (κ2) is 6.84. The summed E-state index contributed by atoms with van der Waals surface area (Å²) in [5.41, 5.74) is 6.43. The van der Waals surface area contributed by atoms with Gasteiger partial charge in [0.25, 0.3) is 0 Å². The van der Waals surface area contributed by atoms with Gasteiger partial charge in [-0.15, -0.1) is 0 Å². The van der Waals surface area contributed by atoms with Crippen LogP contribution in [0.2, 0.25) is 0 Å². The number of anilines is 1. The Morgan fingerprint density at radius 1 is 0.960 bits per heavy atom. The minimum absolute atomic E-state index is 0.0802. The van der Waals surface area contributed by atoms with Crippen molar-refractivity contribution >= 4 is 11.6 Å². The Kier molecular flexibility index (Phi) is 4.61. The fourth-order valence-electron chi connectivity index (χ4n) is 2.71. The maximum Gasteiger partial charge on any atom is 0.228 e. The molecule has 0 fully saturated rings. The van der Waals surface area contributed by atoms with Crippen molar-refractivity contribution in [2.24, 2.45) is 0 Å². The van der Waals surface area contributed by atoms with E-state index in [4.69, 9.17) is 0 Å². The molecule has 0 radical (unpaired) electrons. The van der Waals surface area contributed by atoms with Gasteiger partial charge in [0, 0.05) is 34.0 Å². The molecule has 0 aliphatic carbocycles. The molecular formula is C19H21N5O. The summed E-state index contributed by atoms with van der Waals surface area (Å²) < 4.78 is 2.02. The first-order chi connectivity index (χ1) is 12.0. The molecule has 25 heavy (non-hydrogen) atoms. The third-order valence-corrected chi connectivity index (χ3v) is 4.39. The highest BCUT2D eigenvalue weighted by Crippen LogP contribution is 2.17. The molecule has 1 amide bonds. The van der Waals surface area contributed by atoms with Crippen LogP contribution in [0.15, 0.2) is 36.9 Å². The molecule has 2 aromatic heterocycles. The summed E-state index contributed by atoms with van der Waals surface area (Å²) in [6.07, 6.45) is 3.59. The molecule has 0 unspecified atom stereocenters. The molecule has 128 valence electrons. The number of hydrogen-bond acceptors (Lipinski definition) is 4. The molecule has 6 nitrogen and oxygen atoms in total. The predicted molar refractivity (Wildman–Crippen MR) is 96.9 cm³/mol. The zero-order valence-electron chi connectivity index (χ0n) is 14.9. The summed E-state index contributed by atoms with van der Waals surface area (Å²) in [7, 11) is 0. The minimum atomic E-state index is -0.0802. The average Bonchev–Trinajstić information content (AvgIpc) is 2.91. The second-order valence-corrected chi connectivity index (χ2v) is 6.08. The largest absolute Gasteiger partial charge is 0.326 e. The van der Waals surface area contributed by atoms with Crippen molar-refractivity contribution < 1.29 is 4.79 Å². The molecule has 0 saturated carbocycles. The number of imidazole rings is 1. The quantitative estimate of drug-likeness (QED) is 0.795. The van der Waals surface area contributed by atoms with E-state index in [2.05, 4.69) is 20.3 Å². The Bertz CT molecular complexity index is 892. The Morgan fingerprint density at radius 3 is 2.16 bits per heavy atom. The smallest absolute Gasteiger partial charge is 0.228 e. The summed E-state index contributed by atoms with van der Waals surface area (Å²) >= 11 is 0. The highest BCUT2D eigenvalue weighted by molar-refractivity contribution is 5.92. The molecule has 1 aromatic carbocycles. The van der Waals surface area contributed by atoms with E-state index in [1.54, 1.807) is 6.33 Å². The lowest BCUT2D eigenvalue weighted by atomic mass is 10.1. The van der Waals surface area contributed by atoms with Gasteiger partial charge in [-0.3, -0.25) is 4.79 Å². The van der Waals surface area contributed by atoms with E-state index in [9.17, 15) is 4.79 Å². The van der Waals surface area contributed by atoms with Crippen molar-refractivity contribution in [3.05, 3.63) is 65.3 Å². The standard InChI is InChI=1S/C19H21N5O/c1-12-15(4)24(11-22-12)17-7-5-16(6-8-17)23-19(25)9-18-13(2)20-10-21-14(18)3/h5-8,10-11H,9H2,1-4H3,(H,23,25). The number of aromatic nitrogens is 4. The van der Waals surface area contributed by atoms with E-state index in [-0.39, 0.29) is 12.3 Å². The summed E-state index contributed by atoms with van der Waals surface area (Å²) in [6.45, 7) is 7.80. The van der Waals surface area contributed by atoms with E-state index in [0.717, 1.165) is 39.7 Å². The SMILES string of the molecule is Cc1ncnc(C)c1CC(=O)Nc1ccc(-n2cnc(C)c2C)cc1. The van der Waals surface area contributed by atoms with Gasteiger partial charge in [0.05, 0.1) is 18.4 Å². The normalized spacial score (nSPS) is 10.7. The summed E-state index contributed by atoms with van der Waals surface area (Å²) in [5, 5.41) is 2.92. The average molecular weight is 335 g/mol. The van der Waals surface area contributed by atoms with Crippen molar-refractivity contribution in [1.82, 2.24) is 19.5 Å². The highest BCUT2D eigenvalue weighted by Gasteiger charge is 2.11. The molecule has 0 atom stereocenters. The Labute approximate surface area is 147 Å². The van der Waals surface area contributed by atoms with E-state index in [1.165, 1.54) is 6.33 Å². The van der Waals surface area contributed by atoms with E-state index >= 15 is 0 Å². The maximum atomic E-state index is 12.3. The molecule has 3 rings (SSSR count). The molecule has 3 aromatic rings. The van der Waals surface area contributed by atoms with Crippen molar-refractivity contribution in [3.63, 3.8) is 0 Å². The van der Waals surface area contributed by atoms with Gasteiger partial charge in [-0.2, -0.15) is 0 Å². The zero-order chi connectivity index (χ0) is 18.0. The molecule has 0 saturated heterocycles. The fourth-order valence-corrected chi connectivity index (χ4v) is 2.71. The van der Waals surface area contributed by atoms with Crippen molar-refractivity contribution in [2.45, 2.75) is 34.1 Å². The van der Waals surface area contributed by atoms with Gasteiger partial charge >= 0.3 is 0 Å². The van der Waals surface area contributed by atoms with Crippen LogP contribution in [0.25, 0.3) is 5.69 Å². The summed E-state index contributed by atoms with van der Waals surface area (Å²) in [4.78, 5) is 24.9. The molecule has 0 aliphatic heterocycles. The lowest BCUT2D eigenvalue weighted by molar-refractivity contribution is -0.115. The number of hydrogen-bond donors (Lipinski definition) is 1. The summed E-state index contributed by atoms with van der Waals surface area (Å²) in [6, 6.07) is 7.71. The third-order valence-electron chi connectivity index (χ3n) is 4.39. The predicted octanol–water partition coefficient (Wildman–Crippen LogP) is 3.08. The van der Waals surface area contributed by atoms with Crippen LogP contribution in [-0.4, -0.2) is 25.4 Å². The topological polar surface area (TPSA) is 72.7 Å². The third kappa shape index (κ3) is 3.57. The van der Waals surface area contributed by atoms with Crippen LogP contribution in [0, 0.1) is 27.7 Å². The van der Waals surface area contributed by atoms with Gasteiger partial charge in [0.15, 0.2) is 0 Å². The monoisotopic (exact) mass is 335 g/mol.